The number of halogens is 1. The largest absolute Gasteiger partial charge is 0.392 e. The molecule has 1 heterocycles. The van der Waals surface area contributed by atoms with Gasteiger partial charge in [-0.2, -0.15) is 0 Å². The van der Waals surface area contributed by atoms with Crippen molar-refractivity contribution in [3.8, 4) is 0 Å². The highest BCUT2D eigenvalue weighted by atomic mass is 79.9. The molecule has 1 aromatic heterocycles. The molecule has 0 saturated carbocycles. The molecule has 12 heavy (non-hydrogen) atoms. The van der Waals surface area contributed by atoms with Crippen molar-refractivity contribution < 1.29 is 5.11 Å². The lowest BCUT2D eigenvalue weighted by molar-refractivity contribution is 0.191. The van der Waals surface area contributed by atoms with Gasteiger partial charge in [-0.15, -0.1) is 11.3 Å². The van der Waals surface area contributed by atoms with Gasteiger partial charge in [-0.25, -0.2) is 0 Å². The highest BCUT2D eigenvalue weighted by Crippen LogP contribution is 2.21. The van der Waals surface area contributed by atoms with Gasteiger partial charge in [0.15, 0.2) is 0 Å². The lowest BCUT2D eigenvalue weighted by atomic mass is 10.4. The smallest absolute Gasteiger partial charge is 0.0636 e. The molecule has 1 atom stereocenters. The van der Waals surface area contributed by atoms with Crippen molar-refractivity contribution in [1.82, 2.24) is 5.32 Å². The number of thiophene rings is 1. The quantitative estimate of drug-likeness (QED) is 0.856. The highest BCUT2D eigenvalue weighted by molar-refractivity contribution is 9.10. The molecule has 0 fully saturated rings. The van der Waals surface area contributed by atoms with Gasteiger partial charge in [0.05, 0.1) is 6.10 Å². The molecule has 0 aromatic carbocycles. The van der Waals surface area contributed by atoms with Crippen LogP contribution in [0.1, 0.15) is 11.8 Å². The first-order valence-electron chi connectivity index (χ1n) is 3.81. The number of nitrogens with one attached hydrogen (secondary N) is 1. The zero-order chi connectivity index (χ0) is 8.97. The zero-order valence-corrected chi connectivity index (χ0v) is 9.28. The summed E-state index contributed by atoms with van der Waals surface area (Å²) < 4.78 is 1.14. The van der Waals surface area contributed by atoms with E-state index in [2.05, 4.69) is 21.2 Å². The summed E-state index contributed by atoms with van der Waals surface area (Å²) in [5.74, 6) is 0. The molecule has 0 spiro atoms. The standard InChI is InChI=1S/C8H12BrNOS/c1-6(11)4-10-5-8-7(9)2-3-12-8/h2-3,6,10-11H,4-5H2,1H3. The normalized spacial score (nSPS) is 13.2. The molecule has 2 N–H and O–H groups in total. The van der Waals surface area contributed by atoms with Gasteiger partial charge in [0.2, 0.25) is 0 Å². The minimum atomic E-state index is -0.274. The number of hydrogen-bond donors (Lipinski definition) is 2. The average Bonchev–Trinajstić information content (AvgIpc) is 2.36. The number of aliphatic hydroxyl groups excluding tert-OH is 1. The third-order valence-electron chi connectivity index (χ3n) is 1.42. The average molecular weight is 250 g/mol. The van der Waals surface area contributed by atoms with Crippen LogP contribution in [0.3, 0.4) is 0 Å². The maximum atomic E-state index is 8.98. The van der Waals surface area contributed by atoms with Gasteiger partial charge in [0.1, 0.15) is 0 Å². The maximum absolute atomic E-state index is 8.98. The number of hydrogen-bond acceptors (Lipinski definition) is 3. The van der Waals surface area contributed by atoms with E-state index in [1.165, 1.54) is 4.88 Å². The lowest BCUT2D eigenvalue weighted by Crippen LogP contribution is -2.23. The third-order valence-corrected chi connectivity index (χ3v) is 3.34. The van der Waals surface area contributed by atoms with Crippen LogP contribution in [0.25, 0.3) is 0 Å². The van der Waals surface area contributed by atoms with Crippen LogP contribution in [0.5, 0.6) is 0 Å². The van der Waals surface area contributed by atoms with Crippen LogP contribution in [0, 0.1) is 0 Å². The van der Waals surface area contributed by atoms with Crippen LogP contribution < -0.4 is 5.32 Å². The molecular weight excluding hydrogens is 238 g/mol. The van der Waals surface area contributed by atoms with Gasteiger partial charge < -0.3 is 10.4 Å². The Morgan fingerprint density at radius 3 is 3.00 bits per heavy atom. The van der Waals surface area contributed by atoms with E-state index in [1.807, 2.05) is 11.4 Å². The van der Waals surface area contributed by atoms with Gasteiger partial charge in [-0.05, 0) is 34.3 Å². The SMILES string of the molecule is CC(O)CNCc1sccc1Br. The molecule has 68 valence electrons. The number of rotatable bonds is 4. The molecule has 0 saturated heterocycles. The molecule has 0 aliphatic heterocycles. The Morgan fingerprint density at radius 2 is 2.50 bits per heavy atom. The monoisotopic (exact) mass is 249 g/mol. The van der Waals surface area contributed by atoms with Gasteiger partial charge in [0.25, 0.3) is 0 Å². The van der Waals surface area contributed by atoms with Crippen molar-refractivity contribution in [2.45, 2.75) is 19.6 Å². The van der Waals surface area contributed by atoms with Gasteiger partial charge in [-0.3, -0.25) is 0 Å². The minimum Gasteiger partial charge on any atom is -0.392 e. The first-order chi connectivity index (χ1) is 5.70. The minimum absolute atomic E-state index is 0.274. The fourth-order valence-corrected chi connectivity index (χ4v) is 2.31. The first kappa shape index (κ1) is 10.2. The van der Waals surface area contributed by atoms with Crippen molar-refractivity contribution in [3.63, 3.8) is 0 Å². The Hall–Kier alpha value is 0.100. The Morgan fingerprint density at radius 1 is 1.75 bits per heavy atom. The second kappa shape index (κ2) is 4.97. The van der Waals surface area contributed by atoms with Crippen LogP contribution in [0.15, 0.2) is 15.9 Å². The second-order valence-electron chi connectivity index (χ2n) is 2.67. The van der Waals surface area contributed by atoms with Crippen molar-refractivity contribution in [1.29, 1.82) is 0 Å². The third kappa shape index (κ3) is 3.23. The molecule has 0 aliphatic carbocycles. The fourth-order valence-electron chi connectivity index (χ4n) is 0.846. The van der Waals surface area contributed by atoms with Crippen molar-refractivity contribution in [3.05, 3.63) is 20.8 Å². The summed E-state index contributed by atoms with van der Waals surface area (Å²) in [7, 11) is 0. The van der Waals surface area contributed by atoms with Gasteiger partial charge in [0, 0.05) is 22.4 Å². The second-order valence-corrected chi connectivity index (χ2v) is 4.53. The van der Waals surface area contributed by atoms with E-state index >= 15 is 0 Å². The fraction of sp³-hybridized carbons (Fsp3) is 0.500. The summed E-state index contributed by atoms with van der Waals surface area (Å²) in [6, 6.07) is 2.03. The van der Waals surface area contributed by atoms with Crippen molar-refractivity contribution in [2.24, 2.45) is 0 Å². The van der Waals surface area contributed by atoms with E-state index in [-0.39, 0.29) is 6.10 Å². The summed E-state index contributed by atoms with van der Waals surface area (Å²) in [6.45, 7) is 3.24. The predicted octanol–water partition coefficient (Wildman–Crippen LogP) is 1.98. The van der Waals surface area contributed by atoms with E-state index in [0.29, 0.717) is 6.54 Å². The first-order valence-corrected chi connectivity index (χ1v) is 5.48. The summed E-state index contributed by atoms with van der Waals surface area (Å²) in [5.41, 5.74) is 0. The molecule has 4 heteroatoms. The molecule has 2 nitrogen and oxygen atoms in total. The Kier molecular flexibility index (Phi) is 4.21. The topological polar surface area (TPSA) is 32.3 Å². The van der Waals surface area contributed by atoms with Crippen LogP contribution in [-0.4, -0.2) is 17.8 Å². The Balaban J connectivity index is 2.29. The van der Waals surface area contributed by atoms with Gasteiger partial charge in [-0.1, -0.05) is 0 Å². The van der Waals surface area contributed by atoms with E-state index in [0.717, 1.165) is 11.0 Å². The molecule has 0 bridgehead atoms. The van der Waals surface area contributed by atoms with Crippen LogP contribution in [-0.2, 0) is 6.54 Å². The molecule has 0 radical (unpaired) electrons. The summed E-state index contributed by atoms with van der Waals surface area (Å²) >= 11 is 5.15. The molecular formula is C8H12BrNOS. The molecule has 0 amide bonds. The van der Waals surface area contributed by atoms with E-state index < -0.39 is 0 Å². The van der Waals surface area contributed by atoms with Crippen molar-refractivity contribution in [2.75, 3.05) is 6.54 Å². The Labute approximate surface area is 84.7 Å². The molecule has 1 aromatic rings. The highest BCUT2D eigenvalue weighted by Gasteiger charge is 2.00. The van der Waals surface area contributed by atoms with Gasteiger partial charge >= 0.3 is 0 Å². The zero-order valence-electron chi connectivity index (χ0n) is 6.88. The molecule has 0 aliphatic rings. The van der Waals surface area contributed by atoms with Crippen LogP contribution in [0.4, 0.5) is 0 Å². The molecule has 1 unspecified atom stereocenters. The van der Waals surface area contributed by atoms with E-state index in [9.17, 15) is 0 Å². The summed E-state index contributed by atoms with van der Waals surface area (Å²) in [6.07, 6.45) is -0.274. The summed E-state index contributed by atoms with van der Waals surface area (Å²) in [4.78, 5) is 1.27. The number of aliphatic hydroxyl groups is 1. The van der Waals surface area contributed by atoms with Crippen LogP contribution >= 0.6 is 27.3 Å². The maximum Gasteiger partial charge on any atom is 0.0636 e. The van der Waals surface area contributed by atoms with E-state index in [4.69, 9.17) is 5.11 Å². The van der Waals surface area contributed by atoms with E-state index in [1.54, 1.807) is 18.3 Å². The molecule has 1 rings (SSSR count). The van der Waals surface area contributed by atoms with Crippen molar-refractivity contribution >= 4 is 27.3 Å². The summed E-state index contributed by atoms with van der Waals surface area (Å²) in [5, 5.41) is 14.2. The van der Waals surface area contributed by atoms with Crippen LogP contribution in [0.2, 0.25) is 0 Å². The predicted molar refractivity (Wildman–Crippen MR) is 55.4 cm³/mol. The lowest BCUT2D eigenvalue weighted by Gasteiger charge is -2.05. The Bertz CT molecular complexity index is 237.